The molecule has 77 heavy (non-hydrogen) atoms. The van der Waals surface area contributed by atoms with Crippen LogP contribution in [0.2, 0.25) is 0 Å². The molecule has 0 spiro atoms. The van der Waals surface area contributed by atoms with Crippen molar-refractivity contribution in [2.24, 2.45) is 41.2 Å². The van der Waals surface area contributed by atoms with E-state index in [1.54, 1.807) is 6.92 Å². The van der Waals surface area contributed by atoms with Gasteiger partial charge in [0.2, 0.25) is 47.3 Å². The van der Waals surface area contributed by atoms with Crippen LogP contribution in [0.5, 0.6) is 0 Å². The van der Waals surface area contributed by atoms with Crippen molar-refractivity contribution in [3.8, 4) is 0 Å². The molecule has 0 aliphatic carbocycles. The number of primary amides is 1. The predicted octanol–water partition coefficient (Wildman–Crippen LogP) is 2.26. The van der Waals surface area contributed by atoms with Crippen LogP contribution in [0.1, 0.15) is 154 Å². The van der Waals surface area contributed by atoms with Gasteiger partial charge in [-0.05, 0) is 102 Å². The number of amides is 8. The van der Waals surface area contributed by atoms with Gasteiger partial charge in [-0.25, -0.2) is 0 Å². The maximum Gasteiger partial charge on any atom is 0.244 e. The summed E-state index contributed by atoms with van der Waals surface area (Å²) in [6.07, 6.45) is 1.42. The molecule has 0 saturated carbocycles. The molecule has 21 nitrogen and oxygen atoms in total. The highest BCUT2D eigenvalue weighted by Gasteiger charge is 2.41. The van der Waals surface area contributed by atoms with Gasteiger partial charge in [-0.3, -0.25) is 52.8 Å². The van der Waals surface area contributed by atoms with Gasteiger partial charge >= 0.3 is 0 Å². The van der Waals surface area contributed by atoms with Crippen LogP contribution in [-0.4, -0.2) is 161 Å². The number of hydrogen-bond donors (Lipinski definition) is 10. The van der Waals surface area contributed by atoms with E-state index in [0.29, 0.717) is 38.0 Å². The van der Waals surface area contributed by atoms with Gasteiger partial charge in [0.15, 0.2) is 11.6 Å². The molecule has 440 valence electrons. The number of nitrogens with two attached hydrogens (primary N) is 1. The molecule has 2 fully saturated rings. The summed E-state index contributed by atoms with van der Waals surface area (Å²) in [5.41, 5.74) is 5.64. The fourth-order valence-corrected chi connectivity index (χ4v) is 12.2. The standard InChI is InChI=1S/C54H96N10O11S2/c1-29(2)19-36-24-46(67)39(22-32(7)8)60-53(74)43(63-52(73)42(26-65)56-13)28-77-76-27-34(11)57-48(69)17-16-45(66)38(21-31(5)6)59-50(71)40(23-33(9)10)61-51(72)41(25-47(55)68)62-54(75)44-15-14-18-64(44)35(12)37(20-30(3)4)58-49(36)70/h29-44,56,65H,14-28H2,1-13H3,(H2,55,68)(H,57,69)(H,58,70)(H,59,71)(H,60,74)(H,61,72)(H,62,75)(H,63,73)/t34-,35?,36-,37+,38+,39+,40+,41+,42+,43+,44+/m1/s1. The lowest BCUT2D eigenvalue weighted by Crippen LogP contribution is -2.60. The van der Waals surface area contributed by atoms with Crippen LogP contribution < -0.4 is 48.3 Å². The Hall–Kier alpha value is -4.32. The van der Waals surface area contributed by atoms with Crippen molar-refractivity contribution in [3.63, 3.8) is 0 Å². The van der Waals surface area contributed by atoms with E-state index < -0.39 is 121 Å². The summed E-state index contributed by atoms with van der Waals surface area (Å²) in [4.78, 5) is 140. The molecular weight excluding hydrogens is 1030 g/mol. The van der Waals surface area contributed by atoms with E-state index in [-0.39, 0.29) is 91.3 Å². The SMILES string of the molecule is CN[C@@H](CO)C(=O)N[C@H]1CSSC[C@@H](C)NC(=O)CCC(=O)[C@H](CC(C)C)NC(=O)[C@H](CC(C)C)NC(=O)[C@H](CC(N)=O)NC(=O)[C@@H]2CCCN2C(C)[C@H](CC(C)C)NC(=O)[C@H](CC(C)C)CC(=O)[C@H](CC(C)C)NC1=O. The molecule has 2 rings (SSSR count). The number of aliphatic hydroxyl groups excluding tert-OH is 1. The lowest BCUT2D eigenvalue weighted by atomic mass is 9.87. The molecular formula is C54H96N10O11S2. The zero-order valence-corrected chi connectivity index (χ0v) is 49.8. The quantitative estimate of drug-likeness (QED) is 0.0992. The fraction of sp³-hybridized carbons (Fsp3) is 0.815. The van der Waals surface area contributed by atoms with Crippen LogP contribution in [0.3, 0.4) is 0 Å². The second kappa shape index (κ2) is 34.6. The monoisotopic (exact) mass is 1120 g/mol. The second-order valence-corrected chi connectivity index (χ2v) is 25.8. The van der Waals surface area contributed by atoms with Crippen LogP contribution in [-0.2, 0) is 47.9 Å². The number of hydrogen-bond acceptors (Lipinski definition) is 15. The molecule has 11 atom stereocenters. The van der Waals surface area contributed by atoms with Gasteiger partial charge in [-0.15, -0.1) is 0 Å². The summed E-state index contributed by atoms with van der Waals surface area (Å²) in [5.74, 6) is -6.11. The average Bonchev–Trinajstić information content (AvgIpc) is 3.82. The number of nitrogens with one attached hydrogen (secondary N) is 8. The average molecular weight is 1130 g/mol. The third-order valence-electron chi connectivity index (χ3n) is 13.7. The van der Waals surface area contributed by atoms with Crippen LogP contribution in [0.25, 0.3) is 0 Å². The molecule has 0 bridgehead atoms. The first-order valence-corrected chi connectivity index (χ1v) is 30.3. The van der Waals surface area contributed by atoms with E-state index in [1.165, 1.54) is 28.6 Å². The van der Waals surface area contributed by atoms with Crippen molar-refractivity contribution in [1.82, 2.24) is 47.4 Å². The van der Waals surface area contributed by atoms with Crippen molar-refractivity contribution < 1.29 is 53.1 Å². The molecule has 2 aliphatic heterocycles. The van der Waals surface area contributed by atoms with Gasteiger partial charge in [0.1, 0.15) is 24.2 Å². The van der Waals surface area contributed by atoms with E-state index in [1.807, 2.05) is 81.1 Å². The first-order valence-electron chi connectivity index (χ1n) is 27.8. The van der Waals surface area contributed by atoms with Crippen molar-refractivity contribution >= 4 is 80.4 Å². The zero-order valence-electron chi connectivity index (χ0n) is 48.2. The van der Waals surface area contributed by atoms with E-state index in [9.17, 15) is 53.1 Å². The third kappa shape index (κ3) is 25.1. The lowest BCUT2D eigenvalue weighted by Gasteiger charge is -2.37. The van der Waals surface area contributed by atoms with Gasteiger partial charge < -0.3 is 53.4 Å². The molecule has 11 N–H and O–H groups in total. The number of Topliss-reactive ketones (excluding diaryl/α,β-unsaturated/α-hetero) is 2. The van der Waals surface area contributed by atoms with Crippen LogP contribution in [0.4, 0.5) is 0 Å². The highest BCUT2D eigenvalue weighted by atomic mass is 33.1. The largest absolute Gasteiger partial charge is 0.394 e. The number of rotatable bonds is 16. The maximum atomic E-state index is 14.6. The third-order valence-corrected chi connectivity index (χ3v) is 16.2. The molecule has 0 aromatic rings. The molecule has 23 heteroatoms. The van der Waals surface area contributed by atoms with Crippen LogP contribution >= 0.6 is 21.6 Å². The lowest BCUT2D eigenvalue weighted by molar-refractivity contribution is -0.136. The molecule has 0 radical (unpaired) electrons. The van der Waals surface area contributed by atoms with E-state index in [0.717, 1.165) is 0 Å². The van der Waals surface area contributed by atoms with Crippen LogP contribution in [0, 0.1) is 35.5 Å². The van der Waals surface area contributed by atoms with E-state index >= 15 is 0 Å². The summed E-state index contributed by atoms with van der Waals surface area (Å²) >= 11 is 0. The molecule has 2 heterocycles. The van der Waals surface area contributed by atoms with Crippen molar-refractivity contribution in [1.29, 1.82) is 0 Å². The van der Waals surface area contributed by atoms with Gasteiger partial charge in [0.25, 0.3) is 0 Å². The summed E-state index contributed by atoms with van der Waals surface area (Å²) in [6, 6.07) is -8.87. The van der Waals surface area contributed by atoms with Crippen molar-refractivity contribution in [3.05, 3.63) is 0 Å². The molecule has 8 amide bonds. The summed E-state index contributed by atoms with van der Waals surface area (Å²) < 4.78 is 0. The Kier molecular flexibility index (Phi) is 30.9. The topological polar surface area (TPSA) is 316 Å². The highest BCUT2D eigenvalue weighted by molar-refractivity contribution is 8.76. The van der Waals surface area contributed by atoms with Crippen LogP contribution in [0.15, 0.2) is 0 Å². The normalized spacial score (nSPS) is 27.9. The Labute approximate surface area is 466 Å². The first-order chi connectivity index (χ1) is 36.1. The Morgan fingerprint density at radius 2 is 1.16 bits per heavy atom. The smallest absolute Gasteiger partial charge is 0.244 e. The predicted molar refractivity (Wildman–Crippen MR) is 302 cm³/mol. The van der Waals surface area contributed by atoms with Gasteiger partial charge in [-0.1, -0.05) is 90.8 Å². The van der Waals surface area contributed by atoms with E-state index in [2.05, 4.69) is 42.5 Å². The Balaban J connectivity index is 2.70. The molecule has 0 aromatic heterocycles. The molecule has 1 unspecified atom stereocenters. The summed E-state index contributed by atoms with van der Waals surface area (Å²) in [7, 11) is 4.09. The highest BCUT2D eigenvalue weighted by Crippen LogP contribution is 2.27. The number of ketones is 2. The Morgan fingerprint density at radius 3 is 1.71 bits per heavy atom. The van der Waals surface area contributed by atoms with Gasteiger partial charge in [0, 0.05) is 54.8 Å². The number of nitrogens with zero attached hydrogens (tertiary/aromatic N) is 1. The van der Waals surface area contributed by atoms with Gasteiger partial charge in [0.05, 0.1) is 31.2 Å². The van der Waals surface area contributed by atoms with E-state index in [4.69, 9.17) is 5.73 Å². The number of carbonyl (C=O) groups is 10. The van der Waals surface area contributed by atoms with Crippen molar-refractivity contribution in [2.75, 3.05) is 31.7 Å². The minimum Gasteiger partial charge on any atom is -0.394 e. The number of carbonyl (C=O) groups excluding carboxylic acids is 10. The van der Waals surface area contributed by atoms with Crippen molar-refractivity contribution in [2.45, 2.75) is 214 Å². The number of likely N-dealkylation sites (N-methyl/N-ethyl adjacent to an activating group) is 1. The Bertz CT molecular complexity index is 1970. The summed E-state index contributed by atoms with van der Waals surface area (Å²) in [5, 5.41) is 32.6. The minimum atomic E-state index is -1.45. The Morgan fingerprint density at radius 1 is 0.636 bits per heavy atom. The first kappa shape index (κ1) is 68.8. The minimum absolute atomic E-state index is 0.00415. The maximum absolute atomic E-state index is 14.6. The second-order valence-electron chi connectivity index (χ2n) is 23.3. The van der Waals surface area contributed by atoms with Gasteiger partial charge in [-0.2, -0.15) is 0 Å². The fourth-order valence-electron chi connectivity index (χ4n) is 9.72. The number of fused-ring (bicyclic) bond motifs is 1. The number of aliphatic hydroxyl groups is 1. The summed E-state index contributed by atoms with van der Waals surface area (Å²) in [6.45, 7) is 22.9. The zero-order chi connectivity index (χ0) is 58.3. The molecule has 2 aliphatic rings. The molecule has 0 aromatic carbocycles. The molecule has 2 saturated heterocycles.